The second-order valence-electron chi connectivity index (χ2n) is 6.69. The summed E-state index contributed by atoms with van der Waals surface area (Å²) in [4.78, 5) is 26.6. The van der Waals surface area contributed by atoms with E-state index in [-0.39, 0.29) is 13.2 Å². The van der Waals surface area contributed by atoms with Crippen LogP contribution in [0.2, 0.25) is 0 Å². The Morgan fingerprint density at radius 1 is 1.00 bits per heavy atom. The van der Waals surface area contributed by atoms with E-state index < -0.39 is 23.4 Å². The summed E-state index contributed by atoms with van der Waals surface area (Å²) in [7, 11) is 0. The van der Waals surface area contributed by atoms with Gasteiger partial charge in [0, 0.05) is 12.1 Å². The van der Waals surface area contributed by atoms with Gasteiger partial charge in [0.05, 0.1) is 19.3 Å². The Morgan fingerprint density at radius 3 is 2.17 bits per heavy atom. The predicted molar refractivity (Wildman–Crippen MR) is 111 cm³/mol. The molecule has 0 spiro atoms. The Labute approximate surface area is 171 Å². The molecular weight excluding hydrogens is 366 g/mol. The summed E-state index contributed by atoms with van der Waals surface area (Å²) < 4.78 is 10.7. The maximum absolute atomic E-state index is 13.3. The van der Waals surface area contributed by atoms with Crippen molar-refractivity contribution in [3.8, 4) is 0 Å². The lowest BCUT2D eigenvalue weighted by Gasteiger charge is -2.32. The molecule has 3 rings (SSSR count). The highest BCUT2D eigenvalue weighted by Gasteiger charge is 2.63. The van der Waals surface area contributed by atoms with Crippen LogP contribution < -0.4 is 5.32 Å². The zero-order valence-electron chi connectivity index (χ0n) is 16.7. The minimum Gasteiger partial charge on any atom is -0.465 e. The van der Waals surface area contributed by atoms with E-state index in [9.17, 15) is 9.59 Å². The van der Waals surface area contributed by atoms with E-state index in [1.165, 1.54) is 0 Å². The molecule has 0 amide bonds. The molecule has 0 aromatic heterocycles. The minimum atomic E-state index is -1.70. The van der Waals surface area contributed by atoms with Crippen molar-refractivity contribution in [2.75, 3.05) is 13.2 Å². The quantitative estimate of drug-likeness (QED) is 0.442. The van der Waals surface area contributed by atoms with Crippen molar-refractivity contribution in [1.29, 1.82) is 0 Å². The van der Waals surface area contributed by atoms with Crippen LogP contribution in [0.15, 0.2) is 66.9 Å². The van der Waals surface area contributed by atoms with Crippen molar-refractivity contribution in [2.45, 2.75) is 26.4 Å². The largest absolute Gasteiger partial charge is 0.465 e. The summed E-state index contributed by atoms with van der Waals surface area (Å²) in [6.45, 7) is 7.94. The van der Waals surface area contributed by atoms with Crippen molar-refractivity contribution in [1.82, 2.24) is 5.32 Å². The summed E-state index contributed by atoms with van der Waals surface area (Å²) >= 11 is 0. The third-order valence-electron chi connectivity index (χ3n) is 5.09. The lowest BCUT2D eigenvalue weighted by atomic mass is 9.77. The molecule has 1 aliphatic carbocycles. The van der Waals surface area contributed by atoms with E-state index in [1.54, 1.807) is 13.8 Å². The number of carbonyl (C=O) groups is 2. The van der Waals surface area contributed by atoms with E-state index >= 15 is 0 Å². The molecule has 1 aliphatic rings. The third kappa shape index (κ3) is 3.51. The summed E-state index contributed by atoms with van der Waals surface area (Å²) in [5.41, 5.74) is 4.12. The summed E-state index contributed by atoms with van der Waals surface area (Å²) in [5.74, 6) is -1.32. The lowest BCUT2D eigenvalue weighted by molar-refractivity contribution is -0.169. The minimum absolute atomic E-state index is 0.145. The zero-order valence-corrected chi connectivity index (χ0v) is 16.7. The molecule has 1 N–H and O–H groups in total. The summed E-state index contributed by atoms with van der Waals surface area (Å²) in [6.07, 6.45) is 0. The van der Waals surface area contributed by atoms with Gasteiger partial charge in [0.25, 0.3) is 0 Å². The van der Waals surface area contributed by atoms with Gasteiger partial charge >= 0.3 is 11.9 Å². The number of ether oxygens (including phenoxy) is 2. The van der Waals surface area contributed by atoms with E-state index in [0.717, 1.165) is 16.7 Å². The van der Waals surface area contributed by atoms with Gasteiger partial charge in [0.15, 0.2) is 0 Å². The average molecular weight is 391 g/mol. The first-order valence-corrected chi connectivity index (χ1v) is 9.72. The number of hydrogen-bond acceptors (Lipinski definition) is 5. The van der Waals surface area contributed by atoms with E-state index in [2.05, 4.69) is 17.6 Å². The normalized spacial score (nSPS) is 16.6. The van der Waals surface area contributed by atoms with Crippen LogP contribution in [0.1, 0.15) is 36.6 Å². The van der Waals surface area contributed by atoms with Gasteiger partial charge in [0.1, 0.15) is 0 Å². The molecule has 0 heterocycles. The van der Waals surface area contributed by atoms with Gasteiger partial charge in [-0.15, -0.1) is 5.73 Å². The number of benzene rings is 2. The highest BCUT2D eigenvalue weighted by Crippen LogP contribution is 2.55. The number of hydrogen-bond donors (Lipinski definition) is 1. The van der Waals surface area contributed by atoms with Gasteiger partial charge in [-0.2, -0.15) is 0 Å². The Hall–Kier alpha value is -3.14. The van der Waals surface area contributed by atoms with Crippen LogP contribution in [0.4, 0.5) is 0 Å². The lowest BCUT2D eigenvalue weighted by Crippen LogP contribution is -2.49. The van der Waals surface area contributed by atoms with E-state index in [1.807, 2.05) is 54.6 Å². The Morgan fingerprint density at radius 2 is 1.59 bits per heavy atom. The number of esters is 2. The standard InChI is InChI=1S/C24H25NO4/c1-4-20-18-14-10-11-15-19(18)21(25-16-17-12-8-7-9-13-17)24(20,22(26)28-5-2)23(27)29-6-3/h7-15,21,25H,1,5-6,16H2,2-3H3. The first kappa shape index (κ1) is 20.6. The number of carbonyl (C=O) groups excluding carboxylic acids is 2. The molecule has 1 unspecified atom stereocenters. The van der Waals surface area contributed by atoms with Crippen LogP contribution >= 0.6 is 0 Å². The van der Waals surface area contributed by atoms with Crippen LogP contribution in [0.3, 0.4) is 0 Å². The molecule has 5 nitrogen and oxygen atoms in total. The van der Waals surface area contributed by atoms with Gasteiger partial charge in [-0.25, -0.2) is 0 Å². The maximum Gasteiger partial charge on any atom is 0.330 e. The zero-order chi connectivity index (χ0) is 20.9. The van der Waals surface area contributed by atoms with Crippen LogP contribution in [0, 0.1) is 5.41 Å². The molecule has 0 aliphatic heterocycles. The van der Waals surface area contributed by atoms with Crippen molar-refractivity contribution in [2.24, 2.45) is 5.41 Å². The van der Waals surface area contributed by atoms with E-state index in [4.69, 9.17) is 9.47 Å². The molecule has 150 valence electrons. The fraction of sp³-hybridized carbons (Fsp3) is 0.292. The van der Waals surface area contributed by atoms with Crippen LogP contribution in [0.5, 0.6) is 0 Å². The SMILES string of the molecule is C=C=C1c2ccccc2C(NCc2ccccc2)C1(C(=O)OCC)C(=O)OCC. The molecule has 0 fully saturated rings. The second kappa shape index (κ2) is 8.91. The smallest absolute Gasteiger partial charge is 0.330 e. The van der Waals surface area contributed by atoms with Crippen molar-refractivity contribution in [3.05, 3.63) is 83.6 Å². The van der Waals surface area contributed by atoms with Gasteiger partial charge in [-0.05, 0) is 30.5 Å². The highest BCUT2D eigenvalue weighted by atomic mass is 16.6. The average Bonchev–Trinajstić information content (AvgIpc) is 3.03. The fourth-order valence-electron chi connectivity index (χ4n) is 3.89. The van der Waals surface area contributed by atoms with E-state index in [0.29, 0.717) is 12.1 Å². The summed E-state index contributed by atoms with van der Waals surface area (Å²) in [5, 5.41) is 3.40. The molecule has 5 heteroatoms. The molecule has 2 aromatic carbocycles. The fourth-order valence-corrected chi connectivity index (χ4v) is 3.89. The van der Waals surface area contributed by atoms with Crippen LogP contribution in [-0.2, 0) is 25.6 Å². The molecule has 0 saturated carbocycles. The van der Waals surface area contributed by atoms with Gasteiger partial charge in [-0.1, -0.05) is 61.2 Å². The number of fused-ring (bicyclic) bond motifs is 1. The number of rotatable bonds is 7. The molecule has 29 heavy (non-hydrogen) atoms. The molecule has 2 aromatic rings. The predicted octanol–water partition coefficient (Wildman–Crippen LogP) is 3.81. The Balaban J connectivity index is 2.16. The molecule has 1 atom stereocenters. The van der Waals surface area contributed by atoms with Gasteiger partial charge in [-0.3, -0.25) is 9.59 Å². The van der Waals surface area contributed by atoms with Crippen molar-refractivity contribution < 1.29 is 19.1 Å². The van der Waals surface area contributed by atoms with Crippen molar-refractivity contribution >= 4 is 17.5 Å². The monoisotopic (exact) mass is 391 g/mol. The Bertz CT molecular complexity index is 926. The van der Waals surface area contributed by atoms with Crippen LogP contribution in [-0.4, -0.2) is 25.2 Å². The number of nitrogens with one attached hydrogen (secondary N) is 1. The van der Waals surface area contributed by atoms with Gasteiger partial charge in [0.2, 0.25) is 5.41 Å². The van der Waals surface area contributed by atoms with Crippen LogP contribution in [0.25, 0.3) is 5.57 Å². The topological polar surface area (TPSA) is 64.6 Å². The van der Waals surface area contributed by atoms with Gasteiger partial charge < -0.3 is 14.8 Å². The first-order chi connectivity index (χ1) is 14.1. The Kier molecular flexibility index (Phi) is 6.32. The molecular formula is C24H25NO4. The first-order valence-electron chi connectivity index (χ1n) is 9.72. The summed E-state index contributed by atoms with van der Waals surface area (Å²) in [6, 6.07) is 16.6. The highest BCUT2D eigenvalue weighted by molar-refractivity contribution is 6.15. The second-order valence-corrected chi connectivity index (χ2v) is 6.69. The molecule has 0 saturated heterocycles. The molecule has 0 radical (unpaired) electrons. The van der Waals surface area contributed by atoms with Crippen molar-refractivity contribution in [3.63, 3.8) is 0 Å². The maximum atomic E-state index is 13.3. The molecule has 0 bridgehead atoms. The third-order valence-corrected chi connectivity index (χ3v) is 5.09.